The lowest BCUT2D eigenvalue weighted by Crippen LogP contribution is -2.37. The lowest BCUT2D eigenvalue weighted by molar-refractivity contribution is 0.313. The van der Waals surface area contributed by atoms with Crippen LogP contribution in [0.15, 0.2) is 24.3 Å². The molecule has 132 valence electrons. The van der Waals surface area contributed by atoms with Crippen LogP contribution in [-0.4, -0.2) is 51.9 Å². The molecule has 0 N–H and O–H groups in total. The predicted octanol–water partition coefficient (Wildman–Crippen LogP) is 2.60. The normalized spacial score (nSPS) is 17.4. The Morgan fingerprint density at radius 3 is 2.68 bits per heavy atom. The smallest absolute Gasteiger partial charge is 0.213 e. The van der Waals surface area contributed by atoms with Crippen molar-refractivity contribution >= 4 is 48.9 Å². The van der Waals surface area contributed by atoms with Gasteiger partial charge in [0.05, 0.1) is 6.26 Å². The molecule has 7 nitrogen and oxygen atoms in total. The minimum absolute atomic E-state index is 0.179. The van der Waals surface area contributed by atoms with Crippen LogP contribution in [0.25, 0.3) is 15.5 Å². The van der Waals surface area contributed by atoms with Gasteiger partial charge in [-0.15, -0.1) is 10.2 Å². The molecule has 0 unspecified atom stereocenters. The minimum Gasteiger partial charge on any atom is -0.213 e. The summed E-state index contributed by atoms with van der Waals surface area (Å²) < 4.78 is 27.8. The van der Waals surface area contributed by atoms with Crippen LogP contribution in [0.1, 0.15) is 24.6 Å². The Bertz CT molecular complexity index is 1020. The maximum atomic E-state index is 11.7. The highest BCUT2D eigenvalue weighted by atomic mass is 127. The number of halogens is 1. The SMILES string of the molecule is CS(=O)(=O)N1CCC(c2nnc3sc(-c4cccc(I)c4)nn23)CC1. The number of benzene rings is 1. The second kappa shape index (κ2) is 6.56. The van der Waals surface area contributed by atoms with E-state index >= 15 is 0 Å². The van der Waals surface area contributed by atoms with Gasteiger partial charge in [-0.2, -0.15) is 9.61 Å². The first-order valence-electron chi connectivity index (χ1n) is 7.85. The van der Waals surface area contributed by atoms with Crippen molar-refractivity contribution < 1.29 is 8.42 Å². The van der Waals surface area contributed by atoms with Crippen molar-refractivity contribution in [1.29, 1.82) is 0 Å². The Balaban J connectivity index is 1.62. The van der Waals surface area contributed by atoms with E-state index in [0.29, 0.717) is 13.1 Å². The second-order valence-corrected chi connectivity index (χ2v) is 10.3. The van der Waals surface area contributed by atoms with E-state index in [2.05, 4.69) is 38.9 Å². The third-order valence-corrected chi connectivity index (χ3v) is 7.30. The Hall–Kier alpha value is -1.11. The average molecular weight is 489 g/mol. The Labute approximate surface area is 163 Å². The van der Waals surface area contributed by atoms with Crippen molar-refractivity contribution in [3.63, 3.8) is 0 Å². The van der Waals surface area contributed by atoms with Crippen molar-refractivity contribution in [3.05, 3.63) is 33.7 Å². The number of sulfonamides is 1. The first kappa shape index (κ1) is 17.3. The molecule has 1 aliphatic rings. The van der Waals surface area contributed by atoms with Crippen molar-refractivity contribution in [1.82, 2.24) is 24.1 Å². The maximum Gasteiger partial charge on any atom is 0.234 e. The Morgan fingerprint density at radius 1 is 1.24 bits per heavy atom. The van der Waals surface area contributed by atoms with Gasteiger partial charge in [0.15, 0.2) is 5.82 Å². The van der Waals surface area contributed by atoms with Crippen LogP contribution >= 0.6 is 33.9 Å². The molecule has 1 aromatic carbocycles. The molecule has 25 heavy (non-hydrogen) atoms. The summed E-state index contributed by atoms with van der Waals surface area (Å²) in [5.41, 5.74) is 1.07. The van der Waals surface area contributed by atoms with Gasteiger partial charge >= 0.3 is 0 Å². The van der Waals surface area contributed by atoms with Crippen LogP contribution in [0.5, 0.6) is 0 Å². The molecule has 1 saturated heterocycles. The monoisotopic (exact) mass is 489 g/mol. The summed E-state index contributed by atoms with van der Waals surface area (Å²) in [7, 11) is -3.12. The summed E-state index contributed by atoms with van der Waals surface area (Å²) in [6, 6.07) is 8.20. The van der Waals surface area contributed by atoms with Gasteiger partial charge in [-0.05, 0) is 47.6 Å². The molecule has 0 aliphatic carbocycles. The number of hydrogen-bond donors (Lipinski definition) is 0. The van der Waals surface area contributed by atoms with Crippen LogP contribution in [0.3, 0.4) is 0 Å². The molecule has 2 aromatic heterocycles. The number of nitrogens with zero attached hydrogens (tertiary/aromatic N) is 5. The molecular weight excluding hydrogens is 473 g/mol. The summed E-state index contributed by atoms with van der Waals surface area (Å²) in [6.45, 7) is 1.04. The Morgan fingerprint density at radius 2 is 2.00 bits per heavy atom. The largest absolute Gasteiger partial charge is 0.234 e. The van der Waals surface area contributed by atoms with Crippen molar-refractivity contribution in [2.75, 3.05) is 19.3 Å². The van der Waals surface area contributed by atoms with E-state index < -0.39 is 10.0 Å². The van der Waals surface area contributed by atoms with Crippen LogP contribution in [-0.2, 0) is 10.0 Å². The molecule has 3 heterocycles. The van der Waals surface area contributed by atoms with E-state index in [9.17, 15) is 8.42 Å². The van der Waals surface area contributed by atoms with Gasteiger partial charge in [0, 0.05) is 28.1 Å². The average Bonchev–Trinajstić information content (AvgIpc) is 3.14. The van der Waals surface area contributed by atoms with Gasteiger partial charge in [-0.3, -0.25) is 0 Å². The van der Waals surface area contributed by atoms with Crippen LogP contribution in [0.2, 0.25) is 0 Å². The topological polar surface area (TPSA) is 80.5 Å². The van der Waals surface area contributed by atoms with Crippen molar-refractivity contribution in [3.8, 4) is 10.6 Å². The lowest BCUT2D eigenvalue weighted by atomic mass is 9.97. The van der Waals surface area contributed by atoms with E-state index in [4.69, 9.17) is 5.10 Å². The zero-order valence-corrected chi connectivity index (χ0v) is 17.3. The summed E-state index contributed by atoms with van der Waals surface area (Å²) >= 11 is 3.80. The first-order valence-corrected chi connectivity index (χ1v) is 11.6. The fourth-order valence-corrected chi connectivity index (χ4v) is 5.33. The lowest BCUT2D eigenvalue weighted by Gasteiger charge is -2.28. The second-order valence-electron chi connectivity index (χ2n) is 6.11. The molecule has 1 aliphatic heterocycles. The highest BCUT2D eigenvalue weighted by molar-refractivity contribution is 14.1. The summed E-state index contributed by atoms with van der Waals surface area (Å²) in [6.07, 6.45) is 2.74. The molecule has 0 spiro atoms. The molecular formula is C15H16IN5O2S2. The van der Waals surface area contributed by atoms with E-state index in [1.807, 2.05) is 22.7 Å². The highest BCUT2D eigenvalue weighted by Crippen LogP contribution is 2.31. The molecule has 0 atom stereocenters. The van der Waals surface area contributed by atoms with Crippen LogP contribution in [0, 0.1) is 3.57 Å². The zero-order valence-electron chi connectivity index (χ0n) is 13.5. The minimum atomic E-state index is -3.12. The first-order chi connectivity index (χ1) is 11.9. The molecule has 1 fully saturated rings. The summed E-state index contributed by atoms with van der Waals surface area (Å²) in [5.74, 6) is 1.01. The standard InChI is InChI=1S/C15H16IN5O2S2/c1-25(22,23)20-7-5-10(6-8-20)13-17-18-15-21(13)19-14(24-15)11-3-2-4-12(16)9-11/h2-4,9-10H,5-8H2,1H3. The predicted molar refractivity (Wildman–Crippen MR) is 105 cm³/mol. The summed E-state index contributed by atoms with van der Waals surface area (Å²) in [5, 5.41) is 14.2. The van der Waals surface area contributed by atoms with E-state index in [-0.39, 0.29) is 5.92 Å². The van der Waals surface area contributed by atoms with E-state index in [1.165, 1.54) is 21.9 Å². The third kappa shape index (κ3) is 3.44. The number of rotatable bonds is 3. The van der Waals surface area contributed by atoms with E-state index in [0.717, 1.165) is 37.8 Å². The highest BCUT2D eigenvalue weighted by Gasteiger charge is 2.29. The van der Waals surface area contributed by atoms with Gasteiger partial charge in [-0.1, -0.05) is 23.5 Å². The van der Waals surface area contributed by atoms with Crippen molar-refractivity contribution in [2.45, 2.75) is 18.8 Å². The molecule has 3 aromatic rings. The van der Waals surface area contributed by atoms with Gasteiger partial charge in [-0.25, -0.2) is 12.7 Å². The molecule has 10 heteroatoms. The van der Waals surface area contributed by atoms with Gasteiger partial charge < -0.3 is 0 Å². The van der Waals surface area contributed by atoms with Gasteiger partial charge in [0.1, 0.15) is 5.01 Å². The van der Waals surface area contributed by atoms with Gasteiger partial charge in [0.2, 0.25) is 15.0 Å². The van der Waals surface area contributed by atoms with E-state index in [1.54, 1.807) is 0 Å². The quantitative estimate of drug-likeness (QED) is 0.529. The molecule has 0 amide bonds. The molecule has 0 radical (unpaired) electrons. The number of aromatic nitrogens is 4. The van der Waals surface area contributed by atoms with Crippen molar-refractivity contribution in [2.24, 2.45) is 0 Å². The molecule has 0 saturated carbocycles. The molecule has 4 rings (SSSR count). The maximum absolute atomic E-state index is 11.7. The van der Waals surface area contributed by atoms with Gasteiger partial charge in [0.25, 0.3) is 0 Å². The number of hydrogen-bond acceptors (Lipinski definition) is 6. The number of fused-ring (bicyclic) bond motifs is 1. The molecule has 0 bridgehead atoms. The summed E-state index contributed by atoms with van der Waals surface area (Å²) in [4.78, 5) is 0.773. The zero-order chi connectivity index (χ0) is 17.6. The number of piperidine rings is 1. The fraction of sp³-hybridized carbons (Fsp3) is 0.400. The Kier molecular flexibility index (Phi) is 4.54. The third-order valence-electron chi connectivity index (χ3n) is 4.37. The fourth-order valence-electron chi connectivity index (χ4n) is 3.07. The van der Waals surface area contributed by atoms with Crippen LogP contribution < -0.4 is 0 Å². The van der Waals surface area contributed by atoms with Crippen LogP contribution in [0.4, 0.5) is 0 Å².